The monoisotopic (exact) mass is 336 g/mol. The number of carbonyl (C=O) groups is 1. The number of benzene rings is 1. The normalized spacial score (nSPS) is 13.8. The van der Waals surface area contributed by atoms with E-state index < -0.39 is 0 Å². The molecule has 1 amide bonds. The number of fused-ring (bicyclic) bond motifs is 1. The lowest BCUT2D eigenvalue weighted by Gasteiger charge is -2.07. The Hall–Kier alpha value is -2.96. The van der Waals surface area contributed by atoms with Crippen molar-refractivity contribution in [2.45, 2.75) is 32.1 Å². The molecular weight excluding hydrogens is 316 g/mol. The first-order valence-corrected chi connectivity index (χ1v) is 8.52. The molecule has 128 valence electrons. The SMILES string of the molecule is CC(=O)Nc1ccc(CCNc2ccc3nnc(C4CC4)n3n2)cc1. The van der Waals surface area contributed by atoms with E-state index in [1.54, 1.807) is 0 Å². The van der Waals surface area contributed by atoms with E-state index in [-0.39, 0.29) is 5.91 Å². The Kier molecular flexibility index (Phi) is 4.05. The molecule has 0 spiro atoms. The predicted octanol–water partition coefficient (Wildman–Crippen LogP) is 2.61. The van der Waals surface area contributed by atoms with Crippen LogP contribution in [0.2, 0.25) is 0 Å². The first-order chi connectivity index (χ1) is 12.2. The van der Waals surface area contributed by atoms with Crippen molar-refractivity contribution >= 4 is 23.1 Å². The van der Waals surface area contributed by atoms with Crippen LogP contribution < -0.4 is 10.6 Å². The lowest BCUT2D eigenvalue weighted by Crippen LogP contribution is -2.09. The van der Waals surface area contributed by atoms with Gasteiger partial charge in [0, 0.05) is 25.1 Å². The number of hydrogen-bond acceptors (Lipinski definition) is 5. The molecule has 2 heterocycles. The van der Waals surface area contributed by atoms with E-state index in [1.165, 1.54) is 25.3 Å². The van der Waals surface area contributed by atoms with Crippen LogP contribution in [0.4, 0.5) is 11.5 Å². The average Bonchev–Trinajstić information content (AvgIpc) is 3.35. The molecule has 0 radical (unpaired) electrons. The van der Waals surface area contributed by atoms with Gasteiger partial charge in [-0.2, -0.15) is 4.52 Å². The van der Waals surface area contributed by atoms with Gasteiger partial charge in [0.25, 0.3) is 0 Å². The highest BCUT2D eigenvalue weighted by Gasteiger charge is 2.29. The van der Waals surface area contributed by atoms with Gasteiger partial charge in [-0.1, -0.05) is 12.1 Å². The minimum absolute atomic E-state index is 0.0598. The molecule has 1 aromatic carbocycles. The van der Waals surface area contributed by atoms with E-state index in [0.29, 0.717) is 5.92 Å². The molecule has 4 rings (SSSR count). The molecule has 1 fully saturated rings. The minimum Gasteiger partial charge on any atom is -0.368 e. The molecule has 2 N–H and O–H groups in total. The third-order valence-corrected chi connectivity index (χ3v) is 4.22. The summed E-state index contributed by atoms with van der Waals surface area (Å²) in [5.74, 6) is 2.24. The summed E-state index contributed by atoms with van der Waals surface area (Å²) in [5.41, 5.74) is 2.81. The van der Waals surface area contributed by atoms with Crippen molar-refractivity contribution in [2.75, 3.05) is 17.2 Å². The van der Waals surface area contributed by atoms with Crippen LogP contribution in [0.25, 0.3) is 5.65 Å². The second-order valence-corrected chi connectivity index (χ2v) is 6.38. The van der Waals surface area contributed by atoms with Gasteiger partial charge >= 0.3 is 0 Å². The fraction of sp³-hybridized carbons (Fsp3) is 0.333. The molecule has 1 aliphatic carbocycles. The number of carbonyl (C=O) groups excluding carboxylic acids is 1. The molecule has 0 bridgehead atoms. The molecule has 25 heavy (non-hydrogen) atoms. The van der Waals surface area contributed by atoms with Crippen LogP contribution in [0.15, 0.2) is 36.4 Å². The van der Waals surface area contributed by atoms with E-state index in [0.717, 1.165) is 35.9 Å². The zero-order valence-corrected chi connectivity index (χ0v) is 14.1. The summed E-state index contributed by atoms with van der Waals surface area (Å²) in [7, 11) is 0. The molecule has 2 aromatic heterocycles. The maximum atomic E-state index is 11.0. The van der Waals surface area contributed by atoms with Crippen molar-refractivity contribution in [3.05, 3.63) is 47.8 Å². The van der Waals surface area contributed by atoms with Gasteiger partial charge in [0.15, 0.2) is 11.5 Å². The second-order valence-electron chi connectivity index (χ2n) is 6.38. The Morgan fingerprint density at radius 1 is 1.16 bits per heavy atom. The van der Waals surface area contributed by atoms with Crippen LogP contribution >= 0.6 is 0 Å². The van der Waals surface area contributed by atoms with E-state index in [4.69, 9.17) is 0 Å². The number of nitrogens with zero attached hydrogens (tertiary/aromatic N) is 4. The van der Waals surface area contributed by atoms with Gasteiger partial charge in [-0.15, -0.1) is 15.3 Å². The molecule has 7 heteroatoms. The second kappa shape index (κ2) is 6.51. The zero-order chi connectivity index (χ0) is 17.2. The van der Waals surface area contributed by atoms with Crippen LogP contribution in [0, 0.1) is 0 Å². The summed E-state index contributed by atoms with van der Waals surface area (Å²) >= 11 is 0. The third kappa shape index (κ3) is 3.60. The predicted molar refractivity (Wildman–Crippen MR) is 95.7 cm³/mol. The zero-order valence-electron chi connectivity index (χ0n) is 14.1. The fourth-order valence-corrected chi connectivity index (χ4v) is 2.79. The van der Waals surface area contributed by atoms with Crippen molar-refractivity contribution in [3.8, 4) is 0 Å². The summed E-state index contributed by atoms with van der Waals surface area (Å²) in [4.78, 5) is 11.0. The Bertz CT molecular complexity index is 898. The smallest absolute Gasteiger partial charge is 0.221 e. The van der Waals surface area contributed by atoms with Gasteiger partial charge in [0.05, 0.1) is 0 Å². The number of aromatic nitrogens is 4. The standard InChI is InChI=1S/C18H20N6O/c1-12(25)20-15-6-2-13(3-7-15)10-11-19-16-8-9-17-21-22-18(14-4-5-14)24(17)23-16/h2-3,6-9,14H,4-5,10-11H2,1H3,(H,19,23)(H,20,25). The number of hydrogen-bond donors (Lipinski definition) is 2. The summed E-state index contributed by atoms with van der Waals surface area (Å²) < 4.78 is 1.85. The largest absolute Gasteiger partial charge is 0.368 e. The van der Waals surface area contributed by atoms with Crippen LogP contribution in [0.1, 0.15) is 37.1 Å². The van der Waals surface area contributed by atoms with E-state index in [1.807, 2.05) is 40.9 Å². The van der Waals surface area contributed by atoms with Gasteiger partial charge in [-0.3, -0.25) is 4.79 Å². The average molecular weight is 336 g/mol. The highest BCUT2D eigenvalue weighted by atomic mass is 16.1. The summed E-state index contributed by atoms with van der Waals surface area (Å²) in [6, 6.07) is 11.8. The van der Waals surface area contributed by atoms with Gasteiger partial charge in [-0.25, -0.2) is 0 Å². The Morgan fingerprint density at radius 2 is 1.96 bits per heavy atom. The minimum atomic E-state index is -0.0598. The number of nitrogens with one attached hydrogen (secondary N) is 2. The molecule has 1 saturated carbocycles. The van der Waals surface area contributed by atoms with Crippen molar-refractivity contribution in [2.24, 2.45) is 0 Å². The molecule has 1 aliphatic rings. The molecule has 0 unspecified atom stereocenters. The Labute approximate surface area is 145 Å². The molecular formula is C18H20N6O. The Morgan fingerprint density at radius 3 is 2.68 bits per heavy atom. The molecule has 7 nitrogen and oxygen atoms in total. The maximum absolute atomic E-state index is 11.0. The molecule has 0 saturated heterocycles. The van der Waals surface area contributed by atoms with Gasteiger partial charge in [0.1, 0.15) is 5.82 Å². The molecule has 0 atom stereocenters. The Balaban J connectivity index is 1.37. The number of anilines is 2. The van der Waals surface area contributed by atoms with E-state index in [9.17, 15) is 4.79 Å². The van der Waals surface area contributed by atoms with Crippen LogP contribution in [-0.4, -0.2) is 32.3 Å². The fourth-order valence-electron chi connectivity index (χ4n) is 2.79. The van der Waals surface area contributed by atoms with Gasteiger partial charge < -0.3 is 10.6 Å². The van der Waals surface area contributed by atoms with Crippen molar-refractivity contribution in [1.82, 2.24) is 19.8 Å². The third-order valence-electron chi connectivity index (χ3n) is 4.22. The summed E-state index contributed by atoms with van der Waals surface area (Å²) in [6.45, 7) is 2.28. The molecule has 0 aliphatic heterocycles. The first kappa shape index (κ1) is 15.6. The lowest BCUT2D eigenvalue weighted by atomic mass is 10.1. The van der Waals surface area contributed by atoms with Crippen molar-refractivity contribution in [1.29, 1.82) is 0 Å². The van der Waals surface area contributed by atoms with Crippen LogP contribution in [0.5, 0.6) is 0 Å². The number of amides is 1. The lowest BCUT2D eigenvalue weighted by molar-refractivity contribution is -0.114. The maximum Gasteiger partial charge on any atom is 0.221 e. The van der Waals surface area contributed by atoms with E-state index in [2.05, 4.69) is 25.9 Å². The quantitative estimate of drug-likeness (QED) is 0.723. The summed E-state index contributed by atoms with van der Waals surface area (Å²) in [6.07, 6.45) is 3.22. The van der Waals surface area contributed by atoms with Crippen molar-refractivity contribution in [3.63, 3.8) is 0 Å². The van der Waals surface area contributed by atoms with Crippen LogP contribution in [0.3, 0.4) is 0 Å². The van der Waals surface area contributed by atoms with Crippen molar-refractivity contribution < 1.29 is 4.79 Å². The number of rotatable bonds is 6. The van der Waals surface area contributed by atoms with Gasteiger partial charge in [-0.05, 0) is 49.1 Å². The van der Waals surface area contributed by atoms with E-state index >= 15 is 0 Å². The van der Waals surface area contributed by atoms with Crippen LogP contribution in [-0.2, 0) is 11.2 Å². The highest BCUT2D eigenvalue weighted by Crippen LogP contribution is 2.38. The summed E-state index contributed by atoms with van der Waals surface area (Å²) in [5, 5.41) is 19.1. The topological polar surface area (TPSA) is 84.2 Å². The van der Waals surface area contributed by atoms with Gasteiger partial charge in [0.2, 0.25) is 5.91 Å². The first-order valence-electron chi connectivity index (χ1n) is 8.52. The molecule has 3 aromatic rings. The highest BCUT2D eigenvalue weighted by molar-refractivity contribution is 5.88.